The Morgan fingerprint density at radius 2 is 1.90 bits per heavy atom. The molecular weight excluding hydrogens is 380 g/mol. The van der Waals surface area contributed by atoms with E-state index in [2.05, 4.69) is 58.7 Å². The van der Waals surface area contributed by atoms with Crippen molar-refractivity contribution in [3.63, 3.8) is 0 Å². The van der Waals surface area contributed by atoms with Gasteiger partial charge in [0.15, 0.2) is 0 Å². The third-order valence-corrected chi connectivity index (χ3v) is 7.16. The van der Waals surface area contributed by atoms with Crippen molar-refractivity contribution in [3.8, 4) is 5.75 Å². The van der Waals surface area contributed by atoms with Gasteiger partial charge in [0.05, 0.1) is 8.95 Å². The second-order valence-corrected chi connectivity index (χ2v) is 9.05. The first kappa shape index (κ1) is 14.9. The molecule has 0 saturated heterocycles. The zero-order valence-corrected chi connectivity index (χ0v) is 15.6. The monoisotopic (exact) mass is 400 g/mol. The van der Waals surface area contributed by atoms with Crippen molar-refractivity contribution in [1.82, 2.24) is 0 Å². The summed E-state index contributed by atoms with van der Waals surface area (Å²) in [6, 6.07) is 2.12. The number of phenols is 1. The van der Waals surface area contributed by atoms with Crippen LogP contribution < -0.4 is 0 Å². The predicted octanol–water partition coefficient (Wildman–Crippen LogP) is 5.95. The molecule has 1 fully saturated rings. The van der Waals surface area contributed by atoms with Crippen molar-refractivity contribution in [2.45, 2.75) is 58.3 Å². The summed E-state index contributed by atoms with van der Waals surface area (Å²) in [6.45, 7) is 7.26. The van der Waals surface area contributed by atoms with E-state index in [1.807, 2.05) is 0 Å². The Hall–Kier alpha value is -0.0200. The summed E-state index contributed by atoms with van der Waals surface area (Å²) in [5.41, 5.74) is 3.35. The zero-order chi connectivity index (χ0) is 14.7. The van der Waals surface area contributed by atoms with Crippen molar-refractivity contribution in [1.29, 1.82) is 0 Å². The lowest BCUT2D eigenvalue weighted by molar-refractivity contribution is 0.0401. The summed E-state index contributed by atoms with van der Waals surface area (Å²) < 4.78 is 1.71. The fourth-order valence-electron chi connectivity index (χ4n) is 4.90. The van der Waals surface area contributed by atoms with Crippen molar-refractivity contribution in [2.24, 2.45) is 11.3 Å². The van der Waals surface area contributed by atoms with Crippen LogP contribution in [0.15, 0.2) is 15.0 Å². The van der Waals surface area contributed by atoms with E-state index in [1.54, 1.807) is 0 Å². The Morgan fingerprint density at radius 3 is 2.60 bits per heavy atom. The maximum atomic E-state index is 10.3. The van der Waals surface area contributed by atoms with E-state index in [0.29, 0.717) is 17.1 Å². The summed E-state index contributed by atoms with van der Waals surface area (Å²) >= 11 is 7.14. The number of rotatable bonds is 0. The molecule has 1 saturated carbocycles. The van der Waals surface area contributed by atoms with E-state index in [1.165, 1.54) is 36.8 Å². The molecule has 0 amide bonds. The molecule has 2 atom stereocenters. The van der Waals surface area contributed by atoms with Gasteiger partial charge in [-0.2, -0.15) is 0 Å². The molecule has 20 heavy (non-hydrogen) atoms. The van der Waals surface area contributed by atoms with E-state index in [-0.39, 0.29) is 5.41 Å². The Kier molecular flexibility index (Phi) is 3.53. The molecule has 3 rings (SSSR count). The van der Waals surface area contributed by atoms with Crippen LogP contribution in [0.1, 0.15) is 57.6 Å². The normalized spacial score (nSPS) is 31.6. The average Bonchev–Trinajstić information content (AvgIpc) is 2.34. The van der Waals surface area contributed by atoms with Gasteiger partial charge in [0.2, 0.25) is 0 Å². The summed E-state index contributed by atoms with van der Waals surface area (Å²) in [6.07, 6.45) is 6.22. The molecule has 3 heteroatoms. The van der Waals surface area contributed by atoms with Crippen molar-refractivity contribution >= 4 is 31.9 Å². The van der Waals surface area contributed by atoms with Crippen LogP contribution in [0.4, 0.5) is 0 Å². The Morgan fingerprint density at radius 1 is 1.20 bits per heavy atom. The fraction of sp³-hybridized carbons (Fsp3) is 0.647. The number of hydrogen-bond donors (Lipinski definition) is 1. The summed E-state index contributed by atoms with van der Waals surface area (Å²) in [5, 5.41) is 10.3. The first-order valence-corrected chi connectivity index (χ1v) is 9.06. The van der Waals surface area contributed by atoms with E-state index in [4.69, 9.17) is 0 Å². The first-order chi connectivity index (χ1) is 9.27. The maximum absolute atomic E-state index is 10.3. The third kappa shape index (κ3) is 1.99. The van der Waals surface area contributed by atoms with Gasteiger partial charge in [-0.25, -0.2) is 0 Å². The van der Waals surface area contributed by atoms with Gasteiger partial charge in [0.25, 0.3) is 0 Å². The highest BCUT2D eigenvalue weighted by atomic mass is 79.9. The Labute approximate surface area is 138 Å². The van der Waals surface area contributed by atoms with Crippen LogP contribution in [-0.2, 0) is 11.8 Å². The lowest BCUT2D eigenvalue weighted by atomic mass is 9.50. The number of halogens is 2. The Bertz CT molecular complexity index is 565. The second-order valence-electron chi connectivity index (χ2n) is 7.41. The lowest BCUT2D eigenvalue weighted by Gasteiger charge is -2.54. The molecule has 0 radical (unpaired) electrons. The van der Waals surface area contributed by atoms with Gasteiger partial charge in [-0.15, -0.1) is 0 Å². The van der Waals surface area contributed by atoms with Gasteiger partial charge in [-0.1, -0.05) is 27.2 Å². The smallest absolute Gasteiger partial charge is 0.144 e. The first-order valence-electron chi connectivity index (χ1n) is 7.48. The highest BCUT2D eigenvalue weighted by Gasteiger charge is 2.50. The molecule has 1 unspecified atom stereocenters. The highest BCUT2D eigenvalue weighted by molar-refractivity contribution is 9.11. The van der Waals surface area contributed by atoms with Gasteiger partial charge < -0.3 is 5.11 Å². The van der Waals surface area contributed by atoms with Crippen molar-refractivity contribution in [3.05, 3.63) is 26.1 Å². The van der Waals surface area contributed by atoms with Crippen LogP contribution >= 0.6 is 31.9 Å². The maximum Gasteiger partial charge on any atom is 0.144 e. The van der Waals surface area contributed by atoms with Crippen LogP contribution in [0.25, 0.3) is 0 Å². The molecule has 1 aromatic carbocycles. The molecule has 2 aliphatic rings. The van der Waals surface area contributed by atoms with Gasteiger partial charge >= 0.3 is 0 Å². The number of benzene rings is 1. The topological polar surface area (TPSA) is 20.2 Å². The third-order valence-electron chi connectivity index (χ3n) is 5.78. The van der Waals surface area contributed by atoms with Crippen LogP contribution in [0, 0.1) is 11.3 Å². The molecule has 0 aromatic heterocycles. The largest absolute Gasteiger partial charge is 0.506 e. The molecule has 1 nitrogen and oxygen atoms in total. The van der Waals surface area contributed by atoms with E-state index in [0.717, 1.165) is 15.4 Å². The number of aryl methyl sites for hydroxylation is 1. The fourth-order valence-corrected chi connectivity index (χ4v) is 6.56. The molecule has 0 bridgehead atoms. The van der Waals surface area contributed by atoms with Crippen LogP contribution in [0.2, 0.25) is 0 Å². The van der Waals surface area contributed by atoms with Gasteiger partial charge in [-0.05, 0) is 91.5 Å². The molecular formula is C17H22Br2O. The second kappa shape index (κ2) is 4.74. The Balaban J connectivity index is 2.22. The van der Waals surface area contributed by atoms with E-state index < -0.39 is 0 Å². The minimum absolute atomic E-state index is 0.187. The van der Waals surface area contributed by atoms with Gasteiger partial charge in [-0.3, -0.25) is 0 Å². The number of hydrogen-bond acceptors (Lipinski definition) is 1. The number of phenolic OH excluding ortho intramolecular Hbond substituents is 1. The minimum atomic E-state index is 0.187. The molecule has 1 aromatic rings. The number of aromatic hydroxyl groups is 1. The quantitative estimate of drug-likeness (QED) is 0.569. The molecule has 110 valence electrons. The van der Waals surface area contributed by atoms with Gasteiger partial charge in [0, 0.05) is 0 Å². The number of fused-ring (bicyclic) bond motifs is 3. The van der Waals surface area contributed by atoms with Crippen molar-refractivity contribution in [2.75, 3.05) is 0 Å². The van der Waals surface area contributed by atoms with Crippen LogP contribution in [0.5, 0.6) is 5.75 Å². The van der Waals surface area contributed by atoms with E-state index in [9.17, 15) is 5.11 Å². The summed E-state index contributed by atoms with van der Waals surface area (Å²) in [5.74, 6) is 1.06. The van der Waals surface area contributed by atoms with Gasteiger partial charge in [0.1, 0.15) is 5.75 Å². The predicted molar refractivity (Wildman–Crippen MR) is 90.3 cm³/mol. The van der Waals surface area contributed by atoms with Crippen LogP contribution in [-0.4, -0.2) is 5.11 Å². The highest BCUT2D eigenvalue weighted by Crippen LogP contribution is 2.59. The molecule has 0 spiro atoms. The minimum Gasteiger partial charge on any atom is -0.506 e. The zero-order valence-electron chi connectivity index (χ0n) is 12.4. The molecule has 1 N–H and O–H groups in total. The molecule has 2 aliphatic carbocycles. The standard InChI is InChI=1S/C17H22Br2O/c1-16(2)7-4-8-17(3)12(16)6-5-10-9-11(18)15(20)14(19)13(10)17/h9,12,20H,4-8H2,1-3H3/t12?,17-/m0/s1. The summed E-state index contributed by atoms with van der Waals surface area (Å²) in [7, 11) is 0. The molecule has 0 heterocycles. The molecule has 0 aliphatic heterocycles. The average molecular weight is 402 g/mol. The van der Waals surface area contributed by atoms with E-state index >= 15 is 0 Å². The van der Waals surface area contributed by atoms with Crippen molar-refractivity contribution < 1.29 is 5.11 Å². The lowest BCUT2D eigenvalue weighted by Crippen LogP contribution is -2.48. The SMILES string of the molecule is CC1(C)CCC[C@]2(C)c3c(cc(Br)c(O)c3Br)CCC12. The van der Waals surface area contributed by atoms with Crippen LogP contribution in [0.3, 0.4) is 0 Å². The summed E-state index contributed by atoms with van der Waals surface area (Å²) in [4.78, 5) is 0.